The van der Waals surface area contributed by atoms with E-state index in [9.17, 15) is 4.91 Å². The molecule has 0 aromatic heterocycles. The van der Waals surface area contributed by atoms with Crippen molar-refractivity contribution in [3.05, 3.63) is 41.3 Å². The molecule has 1 unspecified atom stereocenters. The van der Waals surface area contributed by atoms with Crippen LogP contribution in [0.4, 0.5) is 5.69 Å². The van der Waals surface area contributed by atoms with E-state index in [1.165, 1.54) is 37.0 Å². The molecule has 0 saturated heterocycles. The third-order valence-electron chi connectivity index (χ3n) is 2.94. The van der Waals surface area contributed by atoms with Gasteiger partial charge in [-0.25, -0.2) is 0 Å². The molecule has 1 aromatic rings. The van der Waals surface area contributed by atoms with Crippen molar-refractivity contribution in [2.45, 2.75) is 42.2 Å². The minimum atomic E-state index is 0.502. The van der Waals surface area contributed by atoms with E-state index in [1.807, 2.05) is 23.9 Å². The molecule has 0 bridgehead atoms. The Bertz CT molecular complexity index is 386. The van der Waals surface area contributed by atoms with Crippen molar-refractivity contribution >= 4 is 17.4 Å². The fourth-order valence-electron chi connectivity index (χ4n) is 1.99. The Kier molecular flexibility index (Phi) is 4.80. The Balaban J connectivity index is 1.97. The molecule has 0 spiro atoms. The van der Waals surface area contributed by atoms with E-state index >= 15 is 0 Å². The van der Waals surface area contributed by atoms with Crippen LogP contribution in [0, 0.1) is 4.91 Å². The quantitative estimate of drug-likeness (QED) is 0.551. The molecule has 0 heterocycles. The largest absolute Gasteiger partial charge is 0.145 e. The number of nitrogens with zero attached hydrogens (tertiary/aromatic N) is 1. The summed E-state index contributed by atoms with van der Waals surface area (Å²) in [5, 5.41) is 3.49. The predicted molar refractivity (Wildman–Crippen MR) is 73.8 cm³/mol. The van der Waals surface area contributed by atoms with Gasteiger partial charge in [0, 0.05) is 10.1 Å². The van der Waals surface area contributed by atoms with Crippen LogP contribution in [0.2, 0.25) is 0 Å². The smallest absolute Gasteiger partial charge is 0.108 e. The highest BCUT2D eigenvalue weighted by Gasteiger charge is 2.08. The molecule has 2 nitrogen and oxygen atoms in total. The van der Waals surface area contributed by atoms with E-state index in [2.05, 4.69) is 17.3 Å². The number of hydrogen-bond donors (Lipinski definition) is 0. The third kappa shape index (κ3) is 4.00. The van der Waals surface area contributed by atoms with Crippen LogP contribution in [0.15, 0.2) is 46.5 Å². The lowest BCUT2D eigenvalue weighted by molar-refractivity contribution is 0.643. The van der Waals surface area contributed by atoms with Crippen LogP contribution in [0.25, 0.3) is 0 Å². The number of rotatable bonds is 3. The molecular weight excluding hydrogens is 230 g/mol. The van der Waals surface area contributed by atoms with Gasteiger partial charge in [-0.1, -0.05) is 25.0 Å². The van der Waals surface area contributed by atoms with Crippen LogP contribution in [0.5, 0.6) is 0 Å². The summed E-state index contributed by atoms with van der Waals surface area (Å²) in [6.45, 7) is 0. The van der Waals surface area contributed by atoms with Gasteiger partial charge in [-0.15, -0.1) is 16.7 Å². The van der Waals surface area contributed by atoms with Crippen molar-refractivity contribution in [3.63, 3.8) is 0 Å². The maximum atomic E-state index is 10.3. The second-order valence-corrected chi connectivity index (χ2v) is 5.62. The van der Waals surface area contributed by atoms with E-state index in [0.29, 0.717) is 10.9 Å². The summed E-state index contributed by atoms with van der Waals surface area (Å²) in [5.74, 6) is 0. The maximum absolute atomic E-state index is 10.3. The van der Waals surface area contributed by atoms with Gasteiger partial charge in [0.25, 0.3) is 0 Å². The third-order valence-corrected chi connectivity index (χ3v) is 4.18. The van der Waals surface area contributed by atoms with Crippen molar-refractivity contribution in [2.24, 2.45) is 5.18 Å². The number of thioether (sulfide) groups is 1. The maximum Gasteiger partial charge on any atom is 0.108 e. The average molecular weight is 247 g/mol. The summed E-state index contributed by atoms with van der Waals surface area (Å²) in [6.07, 6.45) is 11.1. The van der Waals surface area contributed by atoms with Gasteiger partial charge < -0.3 is 0 Å². The van der Waals surface area contributed by atoms with Gasteiger partial charge >= 0.3 is 0 Å². The van der Waals surface area contributed by atoms with Crippen molar-refractivity contribution in [1.29, 1.82) is 0 Å². The van der Waals surface area contributed by atoms with Crippen LogP contribution >= 0.6 is 11.8 Å². The second-order valence-electron chi connectivity index (χ2n) is 4.31. The Labute approximate surface area is 106 Å². The van der Waals surface area contributed by atoms with Crippen LogP contribution in [0.3, 0.4) is 0 Å². The molecule has 0 amide bonds. The molecule has 90 valence electrons. The van der Waals surface area contributed by atoms with Gasteiger partial charge in [-0.2, -0.15) is 0 Å². The number of nitroso groups, excluding NO2 is 1. The number of benzene rings is 1. The Hall–Kier alpha value is -1.09. The number of hydrogen-bond acceptors (Lipinski definition) is 3. The fourth-order valence-corrected chi connectivity index (χ4v) is 3.10. The first kappa shape index (κ1) is 12.4. The topological polar surface area (TPSA) is 29.4 Å². The zero-order valence-electron chi connectivity index (χ0n) is 9.84. The van der Waals surface area contributed by atoms with Gasteiger partial charge in [-0.3, -0.25) is 0 Å². The Morgan fingerprint density at radius 3 is 2.71 bits per heavy atom. The zero-order valence-corrected chi connectivity index (χ0v) is 10.7. The molecule has 3 heteroatoms. The van der Waals surface area contributed by atoms with Gasteiger partial charge in [0.1, 0.15) is 5.69 Å². The molecule has 0 N–H and O–H groups in total. The molecule has 17 heavy (non-hydrogen) atoms. The normalized spacial score (nSPS) is 22.5. The molecular formula is C14H17NOS. The van der Waals surface area contributed by atoms with E-state index in [4.69, 9.17) is 0 Å². The Morgan fingerprint density at radius 2 is 1.94 bits per heavy atom. The molecule has 2 rings (SSSR count). The number of allylic oxidation sites excluding steroid dienone is 1. The van der Waals surface area contributed by atoms with Crippen LogP contribution in [-0.4, -0.2) is 5.25 Å². The SMILES string of the molecule is O=Nc1ccc(SC2/C=C\CCCCC2)cc1. The molecule has 0 saturated carbocycles. The van der Waals surface area contributed by atoms with Crippen molar-refractivity contribution in [3.8, 4) is 0 Å². The minimum absolute atomic E-state index is 0.502. The summed E-state index contributed by atoms with van der Waals surface area (Å²) in [5.41, 5.74) is 0.502. The lowest BCUT2D eigenvalue weighted by atomic mass is 10.1. The molecule has 1 atom stereocenters. The van der Waals surface area contributed by atoms with E-state index in [-0.39, 0.29) is 0 Å². The Morgan fingerprint density at radius 1 is 1.12 bits per heavy atom. The van der Waals surface area contributed by atoms with E-state index < -0.39 is 0 Å². The first-order valence-electron chi connectivity index (χ1n) is 6.15. The molecule has 0 radical (unpaired) electrons. The lowest BCUT2D eigenvalue weighted by Crippen LogP contribution is -2.00. The summed E-state index contributed by atoms with van der Waals surface area (Å²) in [4.78, 5) is 11.5. The molecule has 1 aliphatic rings. The monoisotopic (exact) mass is 247 g/mol. The van der Waals surface area contributed by atoms with Crippen LogP contribution in [0.1, 0.15) is 32.1 Å². The predicted octanol–water partition coefficient (Wildman–Crippen LogP) is 5.07. The first-order chi connectivity index (χ1) is 8.38. The van der Waals surface area contributed by atoms with Gasteiger partial charge in [0.05, 0.1) is 0 Å². The first-order valence-corrected chi connectivity index (χ1v) is 7.03. The lowest BCUT2D eigenvalue weighted by Gasteiger charge is -2.14. The standard InChI is InChI=1S/C14H17NOS/c16-15-12-8-10-14(11-9-12)17-13-6-4-2-1-3-5-7-13/h4,6,8-11,13H,1-3,5,7H2/b6-4-. The molecule has 1 aromatic carbocycles. The van der Waals surface area contributed by atoms with Crippen molar-refractivity contribution in [2.75, 3.05) is 0 Å². The summed E-state index contributed by atoms with van der Waals surface area (Å²) in [6, 6.07) is 7.52. The fraction of sp³-hybridized carbons (Fsp3) is 0.429. The highest BCUT2D eigenvalue weighted by molar-refractivity contribution is 8.00. The highest BCUT2D eigenvalue weighted by Crippen LogP contribution is 2.30. The van der Waals surface area contributed by atoms with Crippen LogP contribution < -0.4 is 0 Å². The minimum Gasteiger partial charge on any atom is -0.145 e. The average Bonchev–Trinajstić information content (AvgIpc) is 2.33. The summed E-state index contributed by atoms with van der Waals surface area (Å²) < 4.78 is 0. The van der Waals surface area contributed by atoms with Crippen molar-refractivity contribution < 1.29 is 0 Å². The highest BCUT2D eigenvalue weighted by atomic mass is 32.2. The van der Waals surface area contributed by atoms with Gasteiger partial charge in [-0.05, 0) is 48.7 Å². The van der Waals surface area contributed by atoms with Crippen LogP contribution in [-0.2, 0) is 0 Å². The van der Waals surface area contributed by atoms with Gasteiger partial charge in [0.2, 0.25) is 0 Å². The zero-order chi connectivity index (χ0) is 11.9. The summed E-state index contributed by atoms with van der Waals surface area (Å²) >= 11 is 1.88. The molecule has 1 aliphatic carbocycles. The van der Waals surface area contributed by atoms with Crippen molar-refractivity contribution in [1.82, 2.24) is 0 Å². The molecule has 0 fully saturated rings. The van der Waals surface area contributed by atoms with Gasteiger partial charge in [0.15, 0.2) is 0 Å². The van der Waals surface area contributed by atoms with E-state index in [1.54, 1.807) is 12.1 Å². The van der Waals surface area contributed by atoms with E-state index in [0.717, 1.165) is 0 Å². The summed E-state index contributed by atoms with van der Waals surface area (Å²) in [7, 11) is 0. The molecule has 0 aliphatic heterocycles. The second kappa shape index (κ2) is 6.60.